The summed E-state index contributed by atoms with van der Waals surface area (Å²) in [4.78, 5) is 2.13. The van der Waals surface area contributed by atoms with E-state index in [0.29, 0.717) is 6.54 Å². The van der Waals surface area contributed by atoms with Gasteiger partial charge in [0.1, 0.15) is 0 Å². The quantitative estimate of drug-likeness (QED) is 0.604. The SMILES string of the molecule is CC.Cc1ccc(C(C)N(C)Cc2ccc(C(F)(F)F)cc2)cc1C. The van der Waals surface area contributed by atoms with Gasteiger partial charge in [-0.25, -0.2) is 0 Å². The number of hydrogen-bond donors (Lipinski definition) is 0. The zero-order valence-electron chi connectivity index (χ0n) is 15.9. The van der Waals surface area contributed by atoms with Gasteiger partial charge in [0, 0.05) is 12.6 Å². The first kappa shape index (κ1) is 21.2. The minimum absolute atomic E-state index is 0.191. The summed E-state index contributed by atoms with van der Waals surface area (Å²) >= 11 is 0. The van der Waals surface area contributed by atoms with Gasteiger partial charge < -0.3 is 0 Å². The van der Waals surface area contributed by atoms with Gasteiger partial charge in [-0.1, -0.05) is 44.2 Å². The van der Waals surface area contributed by atoms with Crippen LogP contribution in [0.5, 0.6) is 0 Å². The Hall–Kier alpha value is -1.81. The molecule has 0 amide bonds. The van der Waals surface area contributed by atoms with E-state index < -0.39 is 11.7 Å². The summed E-state index contributed by atoms with van der Waals surface area (Å²) in [5.41, 5.74) is 3.98. The van der Waals surface area contributed by atoms with E-state index in [4.69, 9.17) is 0 Å². The average molecular weight is 351 g/mol. The van der Waals surface area contributed by atoms with Crippen molar-refractivity contribution in [1.29, 1.82) is 0 Å². The van der Waals surface area contributed by atoms with Crippen molar-refractivity contribution in [2.24, 2.45) is 0 Å². The number of benzene rings is 2. The van der Waals surface area contributed by atoms with Crippen LogP contribution in [0.3, 0.4) is 0 Å². The van der Waals surface area contributed by atoms with Gasteiger partial charge in [0.25, 0.3) is 0 Å². The molecule has 1 atom stereocenters. The topological polar surface area (TPSA) is 3.24 Å². The average Bonchev–Trinajstić information content (AvgIpc) is 2.58. The first-order chi connectivity index (χ1) is 11.7. The van der Waals surface area contributed by atoms with E-state index in [1.165, 1.54) is 16.7 Å². The van der Waals surface area contributed by atoms with Gasteiger partial charge >= 0.3 is 6.18 Å². The Morgan fingerprint density at radius 3 is 1.96 bits per heavy atom. The molecule has 1 unspecified atom stereocenters. The zero-order chi connectivity index (χ0) is 19.2. The minimum atomic E-state index is -4.28. The molecule has 2 rings (SSSR count). The van der Waals surface area contributed by atoms with E-state index in [2.05, 4.69) is 43.9 Å². The fourth-order valence-electron chi connectivity index (χ4n) is 2.50. The first-order valence-electron chi connectivity index (χ1n) is 8.62. The summed E-state index contributed by atoms with van der Waals surface area (Å²) in [5.74, 6) is 0. The largest absolute Gasteiger partial charge is 0.416 e. The lowest BCUT2D eigenvalue weighted by Gasteiger charge is -2.26. The zero-order valence-corrected chi connectivity index (χ0v) is 15.9. The lowest BCUT2D eigenvalue weighted by atomic mass is 10.0. The summed E-state index contributed by atoms with van der Waals surface area (Å²) in [6.45, 7) is 10.9. The molecule has 138 valence electrons. The van der Waals surface area contributed by atoms with E-state index in [0.717, 1.165) is 17.7 Å². The molecule has 0 radical (unpaired) electrons. The fourth-order valence-corrected chi connectivity index (χ4v) is 2.50. The summed E-state index contributed by atoms with van der Waals surface area (Å²) in [6.07, 6.45) is -4.28. The predicted molar refractivity (Wildman–Crippen MR) is 98.6 cm³/mol. The van der Waals surface area contributed by atoms with Gasteiger partial charge in [-0.3, -0.25) is 4.90 Å². The maximum absolute atomic E-state index is 12.6. The molecule has 0 aromatic heterocycles. The van der Waals surface area contributed by atoms with Gasteiger partial charge in [0.15, 0.2) is 0 Å². The Labute approximate surface area is 149 Å². The molecule has 4 heteroatoms. The lowest BCUT2D eigenvalue weighted by Crippen LogP contribution is -2.22. The van der Waals surface area contributed by atoms with Gasteiger partial charge in [-0.2, -0.15) is 13.2 Å². The molecule has 0 spiro atoms. The van der Waals surface area contributed by atoms with E-state index in [-0.39, 0.29) is 6.04 Å². The van der Waals surface area contributed by atoms with Crippen molar-refractivity contribution in [1.82, 2.24) is 4.90 Å². The number of nitrogens with zero attached hydrogens (tertiary/aromatic N) is 1. The van der Waals surface area contributed by atoms with Crippen LogP contribution in [-0.4, -0.2) is 11.9 Å². The van der Waals surface area contributed by atoms with Crippen LogP contribution in [0.1, 0.15) is 54.6 Å². The van der Waals surface area contributed by atoms with Crippen molar-refractivity contribution in [2.45, 2.75) is 53.4 Å². The standard InChI is InChI=1S/C19H22F3N.C2H6/c1-13-5-8-17(11-14(13)2)15(3)23(4)12-16-6-9-18(10-7-16)19(20,21)22;1-2/h5-11,15H,12H2,1-4H3;1-2H3. The molecule has 0 aliphatic heterocycles. The smallest absolute Gasteiger partial charge is 0.295 e. The Kier molecular flexibility index (Phi) is 7.68. The highest BCUT2D eigenvalue weighted by molar-refractivity contribution is 5.31. The number of aryl methyl sites for hydroxylation is 2. The summed E-state index contributed by atoms with van der Waals surface area (Å²) in [6, 6.07) is 12.0. The molecule has 0 aliphatic carbocycles. The Bertz CT molecular complexity index is 660. The van der Waals surface area contributed by atoms with Crippen LogP contribution in [-0.2, 0) is 12.7 Å². The van der Waals surface area contributed by atoms with Crippen molar-refractivity contribution in [2.75, 3.05) is 7.05 Å². The second-order valence-electron chi connectivity index (χ2n) is 6.13. The number of halogens is 3. The normalized spacial score (nSPS) is 12.6. The molecule has 0 N–H and O–H groups in total. The summed E-state index contributed by atoms with van der Waals surface area (Å²) in [5, 5.41) is 0. The molecule has 0 fully saturated rings. The lowest BCUT2D eigenvalue weighted by molar-refractivity contribution is -0.137. The molecule has 2 aromatic carbocycles. The van der Waals surface area contributed by atoms with Gasteiger partial charge in [0.2, 0.25) is 0 Å². The van der Waals surface area contributed by atoms with Crippen LogP contribution in [0, 0.1) is 13.8 Å². The maximum Gasteiger partial charge on any atom is 0.416 e. The highest BCUT2D eigenvalue weighted by Gasteiger charge is 2.29. The summed E-state index contributed by atoms with van der Waals surface area (Å²) in [7, 11) is 1.98. The van der Waals surface area contributed by atoms with Crippen LogP contribution in [0.2, 0.25) is 0 Å². The van der Waals surface area contributed by atoms with Crippen molar-refractivity contribution in [3.8, 4) is 0 Å². The van der Waals surface area contributed by atoms with Crippen LogP contribution in [0.15, 0.2) is 42.5 Å². The van der Waals surface area contributed by atoms with Crippen molar-refractivity contribution >= 4 is 0 Å². The van der Waals surface area contributed by atoms with Crippen molar-refractivity contribution in [3.63, 3.8) is 0 Å². The van der Waals surface area contributed by atoms with Gasteiger partial charge in [-0.05, 0) is 62.2 Å². The Balaban J connectivity index is 0.00000151. The first-order valence-corrected chi connectivity index (χ1v) is 8.62. The molecule has 25 heavy (non-hydrogen) atoms. The van der Waals surface area contributed by atoms with Crippen LogP contribution < -0.4 is 0 Å². The van der Waals surface area contributed by atoms with Crippen molar-refractivity contribution < 1.29 is 13.2 Å². The predicted octanol–water partition coefficient (Wildman–Crippen LogP) is 6.54. The van der Waals surface area contributed by atoms with E-state index in [1.807, 2.05) is 20.9 Å². The van der Waals surface area contributed by atoms with Crippen molar-refractivity contribution in [3.05, 3.63) is 70.3 Å². The Morgan fingerprint density at radius 1 is 0.920 bits per heavy atom. The Morgan fingerprint density at radius 2 is 1.48 bits per heavy atom. The number of alkyl halides is 3. The van der Waals surface area contributed by atoms with Crippen LogP contribution in [0.25, 0.3) is 0 Å². The molecule has 2 aromatic rings. The second-order valence-corrected chi connectivity index (χ2v) is 6.13. The highest BCUT2D eigenvalue weighted by atomic mass is 19.4. The van der Waals surface area contributed by atoms with E-state index in [9.17, 15) is 13.2 Å². The van der Waals surface area contributed by atoms with E-state index >= 15 is 0 Å². The third-order valence-electron chi connectivity index (χ3n) is 4.39. The second kappa shape index (κ2) is 9.04. The van der Waals surface area contributed by atoms with E-state index in [1.54, 1.807) is 12.1 Å². The molecular formula is C21H28F3N. The molecule has 0 heterocycles. The third kappa shape index (κ3) is 5.89. The maximum atomic E-state index is 12.6. The monoisotopic (exact) mass is 351 g/mol. The molecule has 0 saturated carbocycles. The molecule has 0 bridgehead atoms. The summed E-state index contributed by atoms with van der Waals surface area (Å²) < 4.78 is 37.8. The minimum Gasteiger partial charge on any atom is -0.295 e. The van der Waals surface area contributed by atoms with Crippen LogP contribution in [0.4, 0.5) is 13.2 Å². The molecule has 1 nitrogen and oxygen atoms in total. The molecule has 0 saturated heterocycles. The number of rotatable bonds is 4. The van der Waals surface area contributed by atoms with Gasteiger partial charge in [-0.15, -0.1) is 0 Å². The third-order valence-corrected chi connectivity index (χ3v) is 4.39. The van der Waals surface area contributed by atoms with Gasteiger partial charge in [0.05, 0.1) is 5.56 Å². The highest BCUT2D eigenvalue weighted by Crippen LogP contribution is 2.29. The number of hydrogen-bond acceptors (Lipinski definition) is 1. The molecular weight excluding hydrogens is 323 g/mol. The van der Waals surface area contributed by atoms with Crippen LogP contribution >= 0.6 is 0 Å². The fraction of sp³-hybridized carbons (Fsp3) is 0.429. The molecule has 0 aliphatic rings.